The standard InChI is InChI=1S/C19H22N2O5S/c1-25-17-10-7-14(12-18(17)26-2)16-4-3-11-21(16)27(23,24)15-8-5-13(6-9-15)19(20)22/h5-10,12,16H,3-4,11H2,1-2H3,(H2,20,22)/t16-/m1/s1. The van der Waals surface area contributed by atoms with Gasteiger partial charge in [0.05, 0.1) is 25.2 Å². The predicted octanol–water partition coefficient (Wildman–Crippen LogP) is 2.33. The zero-order valence-corrected chi connectivity index (χ0v) is 16.0. The summed E-state index contributed by atoms with van der Waals surface area (Å²) >= 11 is 0. The molecule has 2 aromatic rings. The van der Waals surface area contributed by atoms with Gasteiger partial charge in [0.2, 0.25) is 15.9 Å². The van der Waals surface area contributed by atoms with Crippen molar-refractivity contribution in [3.63, 3.8) is 0 Å². The molecule has 0 unspecified atom stereocenters. The van der Waals surface area contributed by atoms with E-state index in [1.54, 1.807) is 20.3 Å². The molecule has 1 saturated heterocycles. The number of carbonyl (C=O) groups excluding carboxylic acids is 1. The van der Waals surface area contributed by atoms with Gasteiger partial charge in [-0.2, -0.15) is 4.31 Å². The van der Waals surface area contributed by atoms with Crippen molar-refractivity contribution in [1.29, 1.82) is 0 Å². The molecule has 1 aliphatic rings. The summed E-state index contributed by atoms with van der Waals surface area (Å²) in [6, 6.07) is 10.8. The van der Waals surface area contributed by atoms with Crippen molar-refractivity contribution in [2.45, 2.75) is 23.8 Å². The van der Waals surface area contributed by atoms with Gasteiger partial charge in [0, 0.05) is 12.1 Å². The number of amides is 1. The summed E-state index contributed by atoms with van der Waals surface area (Å²) < 4.78 is 38.3. The van der Waals surface area contributed by atoms with E-state index in [4.69, 9.17) is 15.2 Å². The third-order valence-electron chi connectivity index (χ3n) is 4.74. The maximum absolute atomic E-state index is 13.1. The lowest BCUT2D eigenvalue weighted by molar-refractivity contribution is 0.1000. The van der Waals surface area contributed by atoms with Crippen LogP contribution in [-0.2, 0) is 10.0 Å². The van der Waals surface area contributed by atoms with Crippen molar-refractivity contribution in [3.05, 3.63) is 53.6 Å². The first kappa shape index (κ1) is 19.2. The molecule has 27 heavy (non-hydrogen) atoms. The maximum atomic E-state index is 13.1. The Balaban J connectivity index is 1.94. The van der Waals surface area contributed by atoms with Gasteiger partial charge < -0.3 is 15.2 Å². The molecule has 1 aliphatic heterocycles. The Morgan fingerprint density at radius 2 is 1.74 bits per heavy atom. The van der Waals surface area contributed by atoms with E-state index in [1.807, 2.05) is 12.1 Å². The third-order valence-corrected chi connectivity index (χ3v) is 6.66. The zero-order valence-electron chi connectivity index (χ0n) is 15.2. The van der Waals surface area contributed by atoms with Crippen LogP contribution in [0.5, 0.6) is 11.5 Å². The third kappa shape index (κ3) is 3.63. The minimum absolute atomic E-state index is 0.139. The van der Waals surface area contributed by atoms with Gasteiger partial charge in [-0.3, -0.25) is 4.79 Å². The van der Waals surface area contributed by atoms with Gasteiger partial charge in [0.1, 0.15) is 0 Å². The average molecular weight is 390 g/mol. The highest BCUT2D eigenvalue weighted by molar-refractivity contribution is 7.89. The van der Waals surface area contributed by atoms with Crippen LogP contribution in [0.2, 0.25) is 0 Å². The fraction of sp³-hybridized carbons (Fsp3) is 0.316. The van der Waals surface area contributed by atoms with Crippen molar-refractivity contribution < 1.29 is 22.7 Å². The molecule has 7 nitrogen and oxygen atoms in total. The number of methoxy groups -OCH3 is 2. The smallest absolute Gasteiger partial charge is 0.248 e. The summed E-state index contributed by atoms with van der Waals surface area (Å²) in [4.78, 5) is 11.3. The normalized spacial score (nSPS) is 17.6. The van der Waals surface area contributed by atoms with E-state index < -0.39 is 15.9 Å². The first-order valence-electron chi connectivity index (χ1n) is 8.52. The minimum atomic E-state index is -3.70. The predicted molar refractivity (Wildman–Crippen MR) is 100 cm³/mol. The number of nitrogens with two attached hydrogens (primary N) is 1. The molecular formula is C19H22N2O5S. The maximum Gasteiger partial charge on any atom is 0.248 e. The second-order valence-corrected chi connectivity index (χ2v) is 8.17. The molecule has 0 bridgehead atoms. The fourth-order valence-electron chi connectivity index (χ4n) is 3.35. The zero-order chi connectivity index (χ0) is 19.6. The number of nitrogens with zero attached hydrogens (tertiary/aromatic N) is 1. The molecule has 2 aromatic carbocycles. The van der Waals surface area contributed by atoms with E-state index in [0.717, 1.165) is 12.0 Å². The van der Waals surface area contributed by atoms with Crippen LogP contribution < -0.4 is 15.2 Å². The summed E-state index contributed by atoms with van der Waals surface area (Å²) in [5.74, 6) is 0.559. The number of rotatable bonds is 6. The van der Waals surface area contributed by atoms with E-state index >= 15 is 0 Å². The molecule has 8 heteroatoms. The molecule has 144 valence electrons. The second-order valence-electron chi connectivity index (χ2n) is 6.28. The topological polar surface area (TPSA) is 98.9 Å². The highest BCUT2D eigenvalue weighted by atomic mass is 32.2. The van der Waals surface area contributed by atoms with Crippen LogP contribution in [0.1, 0.15) is 34.8 Å². The summed E-state index contributed by atoms with van der Waals surface area (Å²) in [6.07, 6.45) is 1.48. The second kappa shape index (κ2) is 7.58. The fourth-order valence-corrected chi connectivity index (χ4v) is 5.03. The van der Waals surface area contributed by atoms with Crippen LogP contribution in [0.3, 0.4) is 0 Å². The van der Waals surface area contributed by atoms with Gasteiger partial charge in [0.15, 0.2) is 11.5 Å². The van der Waals surface area contributed by atoms with Crippen LogP contribution in [0.25, 0.3) is 0 Å². The van der Waals surface area contributed by atoms with Crippen LogP contribution in [0.15, 0.2) is 47.4 Å². The SMILES string of the molecule is COc1ccc([C@H]2CCCN2S(=O)(=O)c2ccc(C(N)=O)cc2)cc1OC. The first-order chi connectivity index (χ1) is 12.9. The highest BCUT2D eigenvalue weighted by Crippen LogP contribution is 2.39. The molecule has 1 heterocycles. The van der Waals surface area contributed by atoms with E-state index in [1.165, 1.54) is 28.6 Å². The molecule has 0 spiro atoms. The Labute approximate surface area is 158 Å². The van der Waals surface area contributed by atoms with Gasteiger partial charge in [-0.15, -0.1) is 0 Å². The average Bonchev–Trinajstić information content (AvgIpc) is 3.18. The van der Waals surface area contributed by atoms with E-state index in [9.17, 15) is 13.2 Å². The number of hydrogen-bond acceptors (Lipinski definition) is 5. The monoisotopic (exact) mass is 390 g/mol. The molecule has 0 aromatic heterocycles. The van der Waals surface area contributed by atoms with Gasteiger partial charge >= 0.3 is 0 Å². The van der Waals surface area contributed by atoms with Gasteiger partial charge in [-0.25, -0.2) is 8.42 Å². The van der Waals surface area contributed by atoms with Crippen molar-refractivity contribution in [2.24, 2.45) is 5.73 Å². The minimum Gasteiger partial charge on any atom is -0.493 e. The summed E-state index contributed by atoms with van der Waals surface area (Å²) in [5.41, 5.74) is 6.34. The lowest BCUT2D eigenvalue weighted by atomic mass is 10.0. The van der Waals surface area contributed by atoms with Crippen molar-refractivity contribution in [1.82, 2.24) is 4.31 Å². The van der Waals surface area contributed by atoms with Crippen LogP contribution in [-0.4, -0.2) is 39.4 Å². The quantitative estimate of drug-likeness (QED) is 0.816. The molecule has 1 fully saturated rings. The highest BCUT2D eigenvalue weighted by Gasteiger charge is 2.36. The number of carbonyl (C=O) groups is 1. The van der Waals surface area contributed by atoms with Crippen LogP contribution in [0, 0.1) is 0 Å². The Kier molecular flexibility index (Phi) is 5.38. The molecule has 3 rings (SSSR count). The molecule has 0 aliphatic carbocycles. The molecule has 0 radical (unpaired) electrons. The molecular weight excluding hydrogens is 368 g/mol. The molecule has 1 atom stereocenters. The molecule has 2 N–H and O–H groups in total. The van der Waals surface area contributed by atoms with Gasteiger partial charge in [0.25, 0.3) is 0 Å². The van der Waals surface area contributed by atoms with Crippen LogP contribution >= 0.6 is 0 Å². The van der Waals surface area contributed by atoms with Crippen molar-refractivity contribution >= 4 is 15.9 Å². The largest absolute Gasteiger partial charge is 0.493 e. The van der Waals surface area contributed by atoms with E-state index in [-0.39, 0.29) is 16.5 Å². The Bertz CT molecular complexity index is 941. The Hall–Kier alpha value is -2.58. The van der Waals surface area contributed by atoms with Gasteiger partial charge in [-0.05, 0) is 54.8 Å². The summed E-state index contributed by atoms with van der Waals surface area (Å²) in [5, 5.41) is 0. The van der Waals surface area contributed by atoms with Crippen molar-refractivity contribution in [3.8, 4) is 11.5 Å². The number of sulfonamides is 1. The Morgan fingerprint density at radius 3 is 2.33 bits per heavy atom. The number of hydrogen-bond donors (Lipinski definition) is 1. The lowest BCUT2D eigenvalue weighted by Gasteiger charge is -2.25. The summed E-state index contributed by atoms with van der Waals surface area (Å²) in [7, 11) is -0.603. The Morgan fingerprint density at radius 1 is 1.07 bits per heavy atom. The van der Waals surface area contributed by atoms with E-state index in [2.05, 4.69) is 0 Å². The van der Waals surface area contributed by atoms with Crippen molar-refractivity contribution in [2.75, 3.05) is 20.8 Å². The lowest BCUT2D eigenvalue weighted by Crippen LogP contribution is -2.30. The van der Waals surface area contributed by atoms with E-state index in [0.29, 0.717) is 24.5 Å². The van der Waals surface area contributed by atoms with Crippen LogP contribution in [0.4, 0.5) is 0 Å². The first-order valence-corrected chi connectivity index (χ1v) is 9.96. The number of ether oxygens (including phenoxy) is 2. The summed E-state index contributed by atoms with van der Waals surface area (Å²) in [6.45, 7) is 0.429. The molecule has 0 saturated carbocycles. The molecule has 1 amide bonds. The van der Waals surface area contributed by atoms with Gasteiger partial charge in [-0.1, -0.05) is 6.07 Å². The number of primary amides is 1. The number of benzene rings is 2.